The minimum atomic E-state index is 0.154. The molecule has 102 valence electrons. The zero-order chi connectivity index (χ0) is 13.4. The fraction of sp³-hybridized carbons (Fsp3) is 0.533. The van der Waals surface area contributed by atoms with Crippen LogP contribution in [0.5, 0.6) is 0 Å². The number of carbonyl (C=O) groups is 1. The number of hydrazine groups is 1. The molecule has 4 heteroatoms. The smallest absolute Gasteiger partial charge is 0.159 e. The van der Waals surface area contributed by atoms with Gasteiger partial charge in [-0.05, 0) is 31.2 Å². The molecule has 1 aromatic rings. The van der Waals surface area contributed by atoms with E-state index >= 15 is 0 Å². The van der Waals surface area contributed by atoms with Crippen molar-refractivity contribution in [2.75, 3.05) is 33.2 Å². The third kappa shape index (κ3) is 2.56. The van der Waals surface area contributed by atoms with Crippen LogP contribution in [0.1, 0.15) is 28.4 Å². The molecule has 19 heavy (non-hydrogen) atoms. The monoisotopic (exact) mass is 259 g/mol. The Morgan fingerprint density at radius 1 is 1.00 bits per heavy atom. The second kappa shape index (κ2) is 5.04. The molecule has 0 aromatic heterocycles. The van der Waals surface area contributed by atoms with E-state index in [1.807, 2.05) is 6.07 Å². The van der Waals surface area contributed by atoms with Crippen molar-refractivity contribution in [1.82, 2.24) is 14.9 Å². The van der Waals surface area contributed by atoms with E-state index in [9.17, 15) is 4.79 Å². The maximum atomic E-state index is 11.4. The molecule has 1 aromatic carbocycles. The number of hydrogen-bond donors (Lipinski definition) is 0. The molecule has 2 aliphatic heterocycles. The van der Waals surface area contributed by atoms with Crippen molar-refractivity contribution >= 4 is 5.78 Å². The molecule has 1 fully saturated rings. The van der Waals surface area contributed by atoms with E-state index in [0.29, 0.717) is 0 Å². The highest BCUT2D eigenvalue weighted by atomic mass is 16.1. The van der Waals surface area contributed by atoms with E-state index in [-0.39, 0.29) is 5.78 Å². The molecule has 0 amide bonds. The van der Waals surface area contributed by atoms with Crippen LogP contribution in [-0.4, -0.2) is 53.9 Å². The van der Waals surface area contributed by atoms with E-state index in [0.717, 1.165) is 44.8 Å². The summed E-state index contributed by atoms with van der Waals surface area (Å²) in [6.45, 7) is 8.03. The first-order chi connectivity index (χ1) is 9.13. The first kappa shape index (κ1) is 12.8. The van der Waals surface area contributed by atoms with E-state index < -0.39 is 0 Å². The van der Waals surface area contributed by atoms with Crippen molar-refractivity contribution in [3.05, 3.63) is 34.9 Å². The molecular formula is C15H21N3O. The summed E-state index contributed by atoms with van der Waals surface area (Å²) in [5.41, 5.74) is 3.51. The average molecular weight is 259 g/mol. The summed E-state index contributed by atoms with van der Waals surface area (Å²) in [7, 11) is 2.18. The molecular weight excluding hydrogens is 238 g/mol. The van der Waals surface area contributed by atoms with E-state index in [4.69, 9.17) is 0 Å². The van der Waals surface area contributed by atoms with Crippen LogP contribution < -0.4 is 0 Å². The lowest BCUT2D eigenvalue weighted by atomic mass is 10.0. The number of carbonyl (C=O) groups excluding carboxylic acids is 1. The van der Waals surface area contributed by atoms with Crippen LogP contribution in [-0.2, 0) is 13.1 Å². The Kier molecular flexibility index (Phi) is 3.39. The molecule has 0 radical (unpaired) electrons. The number of ketones is 1. The topological polar surface area (TPSA) is 26.8 Å². The zero-order valence-corrected chi connectivity index (χ0v) is 11.7. The number of rotatable bonds is 2. The molecule has 0 N–H and O–H groups in total. The fourth-order valence-corrected chi connectivity index (χ4v) is 2.87. The highest BCUT2D eigenvalue weighted by Crippen LogP contribution is 2.25. The van der Waals surface area contributed by atoms with Gasteiger partial charge in [0.2, 0.25) is 0 Å². The Bertz CT molecular complexity index is 492. The van der Waals surface area contributed by atoms with Crippen LogP contribution in [0.25, 0.3) is 0 Å². The molecule has 0 aliphatic carbocycles. The van der Waals surface area contributed by atoms with Crippen molar-refractivity contribution < 1.29 is 4.79 Å². The summed E-state index contributed by atoms with van der Waals surface area (Å²) in [6, 6.07) is 6.13. The van der Waals surface area contributed by atoms with Gasteiger partial charge in [0.25, 0.3) is 0 Å². The van der Waals surface area contributed by atoms with Gasteiger partial charge in [-0.3, -0.25) is 4.79 Å². The summed E-state index contributed by atoms with van der Waals surface area (Å²) < 4.78 is 0. The van der Waals surface area contributed by atoms with Gasteiger partial charge in [0.1, 0.15) is 0 Å². The Balaban J connectivity index is 1.71. The van der Waals surface area contributed by atoms with Crippen LogP contribution in [0.2, 0.25) is 0 Å². The predicted octanol–water partition coefficient (Wildman–Crippen LogP) is 1.37. The van der Waals surface area contributed by atoms with Crippen molar-refractivity contribution in [2.45, 2.75) is 20.0 Å². The van der Waals surface area contributed by atoms with Crippen LogP contribution >= 0.6 is 0 Å². The van der Waals surface area contributed by atoms with Crippen LogP contribution in [0.15, 0.2) is 18.2 Å². The molecule has 3 rings (SSSR count). The lowest BCUT2D eigenvalue weighted by Gasteiger charge is -2.38. The Morgan fingerprint density at radius 3 is 2.37 bits per heavy atom. The molecule has 0 saturated carbocycles. The predicted molar refractivity (Wildman–Crippen MR) is 74.8 cm³/mol. The number of hydrogen-bond acceptors (Lipinski definition) is 4. The summed E-state index contributed by atoms with van der Waals surface area (Å²) in [6.07, 6.45) is 0. The van der Waals surface area contributed by atoms with E-state index in [2.05, 4.69) is 34.1 Å². The highest BCUT2D eigenvalue weighted by Gasteiger charge is 2.26. The molecule has 0 bridgehead atoms. The summed E-state index contributed by atoms with van der Waals surface area (Å²) >= 11 is 0. The first-order valence-electron chi connectivity index (χ1n) is 6.94. The van der Waals surface area contributed by atoms with E-state index in [1.54, 1.807) is 6.92 Å². The normalized spacial score (nSPS) is 21.6. The number of likely N-dealkylation sites (N-methyl/N-ethyl adjacent to an activating group) is 1. The third-order valence-electron chi connectivity index (χ3n) is 4.20. The highest BCUT2D eigenvalue weighted by molar-refractivity contribution is 5.94. The van der Waals surface area contributed by atoms with Crippen LogP contribution in [0.3, 0.4) is 0 Å². The fourth-order valence-electron chi connectivity index (χ4n) is 2.87. The summed E-state index contributed by atoms with van der Waals surface area (Å²) in [5.74, 6) is 0.154. The maximum Gasteiger partial charge on any atom is 0.159 e. The van der Waals surface area contributed by atoms with E-state index in [1.165, 1.54) is 11.1 Å². The maximum absolute atomic E-state index is 11.4. The van der Waals surface area contributed by atoms with Gasteiger partial charge < -0.3 is 4.90 Å². The summed E-state index contributed by atoms with van der Waals surface area (Å²) in [5, 5.41) is 4.87. The van der Waals surface area contributed by atoms with Crippen LogP contribution in [0, 0.1) is 0 Å². The zero-order valence-electron chi connectivity index (χ0n) is 11.7. The van der Waals surface area contributed by atoms with Gasteiger partial charge in [0.15, 0.2) is 5.78 Å². The second-order valence-electron chi connectivity index (χ2n) is 5.62. The standard InChI is InChI=1S/C15H21N3O/c1-12(19)13-3-4-14-10-18(11-15(14)9-13)17-7-5-16(2)6-8-17/h3-4,9H,5-8,10-11H2,1-2H3. The van der Waals surface area contributed by atoms with Gasteiger partial charge in [-0.15, -0.1) is 0 Å². The Morgan fingerprint density at radius 2 is 1.68 bits per heavy atom. The minimum absolute atomic E-state index is 0.154. The van der Waals surface area contributed by atoms with Crippen molar-refractivity contribution in [3.63, 3.8) is 0 Å². The molecule has 2 aliphatic rings. The Labute approximate surface area is 114 Å². The Hall–Kier alpha value is -1.23. The first-order valence-corrected chi connectivity index (χ1v) is 6.94. The summed E-state index contributed by atoms with van der Waals surface area (Å²) in [4.78, 5) is 13.8. The second-order valence-corrected chi connectivity index (χ2v) is 5.62. The molecule has 0 atom stereocenters. The molecule has 0 unspecified atom stereocenters. The average Bonchev–Trinajstić information content (AvgIpc) is 2.82. The van der Waals surface area contributed by atoms with Gasteiger partial charge in [-0.25, -0.2) is 10.0 Å². The van der Waals surface area contributed by atoms with Gasteiger partial charge in [0.05, 0.1) is 0 Å². The molecule has 4 nitrogen and oxygen atoms in total. The lowest BCUT2D eigenvalue weighted by molar-refractivity contribution is -0.0581. The number of piperazine rings is 1. The number of nitrogens with zero attached hydrogens (tertiary/aromatic N) is 3. The lowest BCUT2D eigenvalue weighted by Crippen LogP contribution is -2.50. The van der Waals surface area contributed by atoms with Gasteiger partial charge in [-0.2, -0.15) is 0 Å². The van der Waals surface area contributed by atoms with Crippen molar-refractivity contribution in [1.29, 1.82) is 0 Å². The number of fused-ring (bicyclic) bond motifs is 1. The number of Topliss-reactive ketones (excluding diaryl/α,β-unsaturated/α-hetero) is 1. The molecule has 1 saturated heterocycles. The van der Waals surface area contributed by atoms with Gasteiger partial charge in [0, 0.05) is 44.8 Å². The third-order valence-corrected chi connectivity index (χ3v) is 4.20. The quantitative estimate of drug-likeness (QED) is 0.750. The largest absolute Gasteiger partial charge is 0.304 e. The SMILES string of the molecule is CC(=O)c1ccc2c(c1)CN(N1CCN(C)CC1)C2. The number of benzene rings is 1. The van der Waals surface area contributed by atoms with Crippen molar-refractivity contribution in [2.24, 2.45) is 0 Å². The van der Waals surface area contributed by atoms with Gasteiger partial charge in [-0.1, -0.05) is 12.1 Å². The molecule has 2 heterocycles. The van der Waals surface area contributed by atoms with Crippen molar-refractivity contribution in [3.8, 4) is 0 Å². The minimum Gasteiger partial charge on any atom is -0.304 e. The molecule has 0 spiro atoms. The van der Waals surface area contributed by atoms with Gasteiger partial charge >= 0.3 is 0 Å². The van der Waals surface area contributed by atoms with Crippen LogP contribution in [0.4, 0.5) is 0 Å².